The number of nitrogens with two attached hydrogens (primary N) is 1. The summed E-state index contributed by atoms with van der Waals surface area (Å²) in [4.78, 5) is 11.0. The Balaban J connectivity index is 1.42. The lowest BCUT2D eigenvalue weighted by Gasteiger charge is -2.27. The second-order valence-corrected chi connectivity index (χ2v) is 7.93. The van der Waals surface area contributed by atoms with Crippen molar-refractivity contribution in [2.75, 3.05) is 23.8 Å². The highest BCUT2D eigenvalue weighted by Gasteiger charge is 2.40. The first-order chi connectivity index (χ1) is 13.0. The molecule has 2 aliphatic heterocycles. The molecule has 5 rings (SSSR count). The molecule has 1 aromatic heterocycles. The fraction of sp³-hybridized carbons (Fsp3) is 0.450. The van der Waals surface area contributed by atoms with E-state index in [1.54, 1.807) is 6.07 Å². The molecule has 1 saturated carbocycles. The van der Waals surface area contributed by atoms with Crippen LogP contribution in [0.1, 0.15) is 37.4 Å². The maximum absolute atomic E-state index is 8.66. The van der Waals surface area contributed by atoms with Crippen molar-refractivity contribution in [3.63, 3.8) is 0 Å². The average molecular weight is 365 g/mol. The van der Waals surface area contributed by atoms with Crippen LogP contribution in [-0.4, -0.2) is 46.6 Å². The summed E-state index contributed by atoms with van der Waals surface area (Å²) in [7, 11) is 0. The summed E-state index contributed by atoms with van der Waals surface area (Å²) in [6.45, 7) is 3.68. The molecule has 2 unspecified atom stereocenters. The molecule has 0 spiro atoms. The first-order valence-electron chi connectivity index (χ1n) is 9.39. The minimum atomic E-state index is -0.0746. The number of hydrogen-bond donors (Lipinski definition) is 2. The molecule has 27 heavy (non-hydrogen) atoms. The van der Waals surface area contributed by atoms with Crippen molar-refractivity contribution >= 4 is 17.2 Å². The third-order valence-corrected chi connectivity index (χ3v) is 5.72. The molecular weight excluding hydrogens is 342 g/mol. The lowest BCUT2D eigenvalue weighted by atomic mass is 10.0. The fourth-order valence-corrected chi connectivity index (χ4v) is 3.84. The van der Waals surface area contributed by atoms with Crippen LogP contribution < -0.4 is 15.4 Å². The van der Waals surface area contributed by atoms with E-state index in [2.05, 4.69) is 21.8 Å². The molecule has 140 valence electrons. The number of anilines is 2. The zero-order chi connectivity index (χ0) is 18.6. The van der Waals surface area contributed by atoms with Gasteiger partial charge in [0.25, 0.3) is 0 Å². The Morgan fingerprint density at radius 3 is 2.89 bits per heavy atom. The third-order valence-electron chi connectivity index (χ3n) is 5.72. The Morgan fingerprint density at radius 2 is 2.19 bits per heavy atom. The van der Waals surface area contributed by atoms with E-state index < -0.39 is 0 Å². The molecule has 7 nitrogen and oxygen atoms in total. The van der Waals surface area contributed by atoms with Gasteiger partial charge in [-0.2, -0.15) is 0 Å². The zero-order valence-electron chi connectivity index (χ0n) is 15.3. The first-order valence-corrected chi connectivity index (χ1v) is 9.39. The Kier molecular flexibility index (Phi) is 3.62. The summed E-state index contributed by atoms with van der Waals surface area (Å²) >= 11 is 0. The van der Waals surface area contributed by atoms with E-state index in [9.17, 15) is 0 Å². The number of ether oxygens (including phenoxy) is 2. The lowest BCUT2D eigenvalue weighted by Crippen LogP contribution is -2.37. The van der Waals surface area contributed by atoms with Crippen LogP contribution in [0, 0.1) is 5.41 Å². The van der Waals surface area contributed by atoms with Crippen molar-refractivity contribution in [2.24, 2.45) is 0 Å². The molecule has 1 aliphatic carbocycles. The Bertz CT molecular complexity index is 911. The van der Waals surface area contributed by atoms with E-state index in [4.69, 9.17) is 20.6 Å². The van der Waals surface area contributed by atoms with Crippen molar-refractivity contribution in [3.05, 3.63) is 41.9 Å². The van der Waals surface area contributed by atoms with Crippen LogP contribution in [0.15, 0.2) is 30.6 Å². The molecular formula is C20H23N5O2. The summed E-state index contributed by atoms with van der Waals surface area (Å²) < 4.78 is 11.7. The number of hydrogen-bond acceptors (Lipinski definition) is 7. The minimum Gasteiger partial charge on any atom is -0.488 e. The summed E-state index contributed by atoms with van der Waals surface area (Å²) in [5, 5.41) is 8.66. The molecule has 0 radical (unpaired) electrons. The largest absolute Gasteiger partial charge is 0.488 e. The van der Waals surface area contributed by atoms with Gasteiger partial charge in [0.1, 0.15) is 23.5 Å². The SMILES string of the molecule is CC1(Oc2ccc(N)c(C(=N)c3cc(N4CC5CC4CO5)ncn3)c2)CC1. The summed E-state index contributed by atoms with van der Waals surface area (Å²) in [6.07, 6.45) is 4.97. The van der Waals surface area contributed by atoms with Crippen LogP contribution in [-0.2, 0) is 4.74 Å². The van der Waals surface area contributed by atoms with Crippen molar-refractivity contribution < 1.29 is 9.47 Å². The van der Waals surface area contributed by atoms with Crippen LogP contribution in [0.25, 0.3) is 0 Å². The molecule has 0 amide bonds. The zero-order valence-corrected chi connectivity index (χ0v) is 15.3. The quantitative estimate of drug-likeness (QED) is 0.624. The van der Waals surface area contributed by atoms with Gasteiger partial charge in [-0.05, 0) is 44.4 Å². The van der Waals surface area contributed by atoms with Gasteiger partial charge in [-0.1, -0.05) is 0 Å². The van der Waals surface area contributed by atoms with Gasteiger partial charge in [0.05, 0.1) is 30.2 Å². The van der Waals surface area contributed by atoms with Gasteiger partial charge in [-0.25, -0.2) is 9.97 Å². The summed E-state index contributed by atoms with van der Waals surface area (Å²) in [6, 6.07) is 7.74. The number of nitrogens with zero attached hydrogens (tertiary/aromatic N) is 3. The van der Waals surface area contributed by atoms with Gasteiger partial charge in [0.15, 0.2) is 0 Å². The number of rotatable bonds is 5. The van der Waals surface area contributed by atoms with E-state index in [1.165, 1.54) is 6.33 Å². The normalized spacial score (nSPS) is 24.9. The van der Waals surface area contributed by atoms with Crippen LogP contribution >= 0.6 is 0 Å². The van der Waals surface area contributed by atoms with Crippen LogP contribution in [0.3, 0.4) is 0 Å². The highest BCUT2D eigenvalue weighted by Crippen LogP contribution is 2.40. The standard InChI is InChI=1S/C20H23N5O2/c1-20(4-5-20)27-13-2-3-16(21)15(7-13)19(22)17-8-18(24-11-23-17)25-9-14-6-12(25)10-26-14/h2-3,7-8,11-12,14,22H,4-6,9-10,21H2,1H3. The number of nitrogens with one attached hydrogen (secondary N) is 1. The van der Waals surface area contributed by atoms with Crippen LogP contribution in [0.2, 0.25) is 0 Å². The molecule has 2 bridgehead atoms. The summed E-state index contributed by atoms with van der Waals surface area (Å²) in [5.41, 5.74) is 8.09. The number of morpholine rings is 1. The van der Waals surface area contributed by atoms with Gasteiger partial charge in [-0.15, -0.1) is 0 Å². The first kappa shape index (κ1) is 16.5. The molecule has 1 aromatic carbocycles. The van der Waals surface area contributed by atoms with E-state index in [0.29, 0.717) is 29.1 Å². The monoisotopic (exact) mass is 365 g/mol. The predicted molar refractivity (Wildman–Crippen MR) is 103 cm³/mol. The smallest absolute Gasteiger partial charge is 0.133 e. The van der Waals surface area contributed by atoms with Gasteiger partial charge in [0.2, 0.25) is 0 Å². The predicted octanol–water partition coefficient (Wildman–Crippen LogP) is 2.38. The molecule has 2 atom stereocenters. The Morgan fingerprint density at radius 1 is 1.33 bits per heavy atom. The number of fused-ring (bicyclic) bond motifs is 2. The number of benzene rings is 1. The number of aromatic nitrogens is 2. The Labute approximate surface area is 158 Å². The van der Waals surface area contributed by atoms with E-state index in [0.717, 1.165) is 44.0 Å². The van der Waals surface area contributed by atoms with E-state index in [1.807, 2.05) is 18.2 Å². The van der Waals surface area contributed by atoms with Crippen molar-refractivity contribution in [1.82, 2.24) is 9.97 Å². The van der Waals surface area contributed by atoms with Crippen LogP contribution in [0.4, 0.5) is 11.5 Å². The lowest BCUT2D eigenvalue weighted by molar-refractivity contribution is 0.0989. The summed E-state index contributed by atoms with van der Waals surface area (Å²) in [5.74, 6) is 1.59. The van der Waals surface area contributed by atoms with E-state index >= 15 is 0 Å². The van der Waals surface area contributed by atoms with Crippen molar-refractivity contribution in [1.29, 1.82) is 5.41 Å². The van der Waals surface area contributed by atoms with Crippen molar-refractivity contribution in [2.45, 2.75) is 43.9 Å². The minimum absolute atomic E-state index is 0.0746. The topological polar surface area (TPSA) is 97.4 Å². The van der Waals surface area contributed by atoms with Crippen LogP contribution in [0.5, 0.6) is 5.75 Å². The Hall–Kier alpha value is -2.67. The van der Waals surface area contributed by atoms with Gasteiger partial charge >= 0.3 is 0 Å². The third kappa shape index (κ3) is 3.02. The molecule has 3 heterocycles. The highest BCUT2D eigenvalue weighted by molar-refractivity contribution is 6.13. The van der Waals surface area contributed by atoms with Gasteiger partial charge < -0.3 is 20.1 Å². The van der Waals surface area contributed by atoms with Gasteiger partial charge in [0, 0.05) is 23.9 Å². The second-order valence-electron chi connectivity index (χ2n) is 7.93. The molecule has 3 aliphatic rings. The highest BCUT2D eigenvalue weighted by atomic mass is 16.5. The molecule has 3 fully saturated rings. The second kappa shape index (κ2) is 5.92. The maximum atomic E-state index is 8.66. The molecule has 2 aromatic rings. The van der Waals surface area contributed by atoms with E-state index in [-0.39, 0.29) is 11.3 Å². The average Bonchev–Trinajstić information content (AvgIpc) is 3.08. The number of nitrogen functional groups attached to an aromatic ring is 1. The molecule has 7 heteroatoms. The molecule has 3 N–H and O–H groups in total. The van der Waals surface area contributed by atoms with Gasteiger partial charge in [-0.3, -0.25) is 5.41 Å². The maximum Gasteiger partial charge on any atom is 0.133 e. The fourth-order valence-electron chi connectivity index (χ4n) is 3.84. The molecule has 2 saturated heterocycles. The van der Waals surface area contributed by atoms with Crippen molar-refractivity contribution in [3.8, 4) is 5.75 Å².